The van der Waals surface area contributed by atoms with Crippen molar-refractivity contribution < 1.29 is 4.74 Å². The zero-order valence-electron chi connectivity index (χ0n) is 11.5. The quantitative estimate of drug-likeness (QED) is 0.775. The molecule has 2 aliphatic heterocycles. The van der Waals surface area contributed by atoms with Crippen molar-refractivity contribution in [3.8, 4) is 0 Å². The van der Waals surface area contributed by atoms with Gasteiger partial charge in [0.05, 0.1) is 13.2 Å². The molecule has 2 fully saturated rings. The van der Waals surface area contributed by atoms with Gasteiger partial charge in [0.2, 0.25) is 0 Å². The lowest BCUT2D eigenvalue weighted by molar-refractivity contribution is 0.0528. The third-order valence-corrected chi connectivity index (χ3v) is 4.54. The van der Waals surface area contributed by atoms with Gasteiger partial charge in [0.15, 0.2) is 0 Å². The molecule has 4 nitrogen and oxygen atoms in total. The van der Waals surface area contributed by atoms with Gasteiger partial charge in [-0.1, -0.05) is 13.8 Å². The first kappa shape index (κ1) is 13.3. The lowest BCUT2D eigenvalue weighted by atomic mass is 9.85. The normalized spacial score (nSPS) is 40.9. The fourth-order valence-electron chi connectivity index (χ4n) is 3.00. The molecule has 0 aromatic heterocycles. The van der Waals surface area contributed by atoms with Gasteiger partial charge in [0, 0.05) is 43.7 Å². The number of rotatable bonds is 3. The van der Waals surface area contributed by atoms with Gasteiger partial charge in [-0.3, -0.25) is 4.90 Å². The maximum atomic E-state index is 6.16. The molecule has 0 aromatic carbocycles. The highest BCUT2D eigenvalue weighted by atomic mass is 16.5. The van der Waals surface area contributed by atoms with Crippen molar-refractivity contribution in [3.05, 3.63) is 0 Å². The van der Waals surface area contributed by atoms with Crippen LogP contribution in [0.3, 0.4) is 0 Å². The number of hydrogen-bond donors (Lipinski definition) is 1. The summed E-state index contributed by atoms with van der Waals surface area (Å²) in [5.41, 5.74) is 6.31. The number of hydrogen-bond acceptors (Lipinski definition) is 4. The minimum Gasteiger partial charge on any atom is -0.379 e. The Labute approximate surface area is 105 Å². The molecule has 2 rings (SSSR count). The third kappa shape index (κ3) is 2.81. The number of nitrogens with two attached hydrogens (primary N) is 1. The van der Waals surface area contributed by atoms with Gasteiger partial charge >= 0.3 is 0 Å². The summed E-state index contributed by atoms with van der Waals surface area (Å²) in [4.78, 5) is 5.05. The minimum atomic E-state index is 0.147. The predicted octanol–water partition coefficient (Wildman–Crippen LogP) is 0.376. The Morgan fingerprint density at radius 2 is 2.18 bits per heavy atom. The van der Waals surface area contributed by atoms with Crippen molar-refractivity contribution >= 4 is 0 Å². The van der Waals surface area contributed by atoms with E-state index in [9.17, 15) is 0 Å². The second-order valence-electron chi connectivity index (χ2n) is 6.05. The van der Waals surface area contributed by atoms with Crippen molar-refractivity contribution in [2.45, 2.75) is 32.4 Å². The largest absolute Gasteiger partial charge is 0.379 e. The summed E-state index contributed by atoms with van der Waals surface area (Å²) < 4.78 is 5.53. The molecule has 17 heavy (non-hydrogen) atoms. The van der Waals surface area contributed by atoms with E-state index in [1.165, 1.54) is 19.5 Å². The van der Waals surface area contributed by atoms with Crippen LogP contribution in [0.2, 0.25) is 0 Å². The first-order valence-corrected chi connectivity index (χ1v) is 6.81. The van der Waals surface area contributed by atoms with E-state index in [-0.39, 0.29) is 11.5 Å². The SMILES string of the molecule is CCC1CN(CC2(C)COCC2N)CCN1C. The molecule has 0 amide bonds. The Kier molecular flexibility index (Phi) is 4.08. The van der Waals surface area contributed by atoms with Crippen LogP contribution in [-0.4, -0.2) is 68.3 Å². The fourth-order valence-corrected chi connectivity index (χ4v) is 3.00. The molecule has 2 heterocycles. The van der Waals surface area contributed by atoms with Crippen LogP contribution >= 0.6 is 0 Å². The molecule has 3 atom stereocenters. The lowest BCUT2D eigenvalue weighted by Crippen LogP contribution is -2.55. The summed E-state index contributed by atoms with van der Waals surface area (Å²) in [6, 6.07) is 0.896. The van der Waals surface area contributed by atoms with Crippen LogP contribution < -0.4 is 5.73 Å². The Hall–Kier alpha value is -0.160. The van der Waals surface area contributed by atoms with Crippen molar-refractivity contribution in [3.63, 3.8) is 0 Å². The van der Waals surface area contributed by atoms with Crippen LogP contribution in [-0.2, 0) is 4.74 Å². The van der Waals surface area contributed by atoms with Crippen LogP contribution in [0.5, 0.6) is 0 Å². The van der Waals surface area contributed by atoms with Gasteiger partial charge in [-0.25, -0.2) is 0 Å². The summed E-state index contributed by atoms with van der Waals surface area (Å²) in [6.45, 7) is 10.7. The average molecular weight is 241 g/mol. The lowest BCUT2D eigenvalue weighted by Gasteiger charge is -2.42. The van der Waals surface area contributed by atoms with Gasteiger partial charge in [-0.2, -0.15) is 0 Å². The third-order valence-electron chi connectivity index (χ3n) is 4.54. The summed E-state index contributed by atoms with van der Waals surface area (Å²) >= 11 is 0. The molecule has 0 aliphatic carbocycles. The van der Waals surface area contributed by atoms with E-state index in [0.29, 0.717) is 6.04 Å². The number of piperazine rings is 1. The molecule has 4 heteroatoms. The zero-order valence-corrected chi connectivity index (χ0v) is 11.5. The minimum absolute atomic E-state index is 0.147. The molecule has 0 bridgehead atoms. The van der Waals surface area contributed by atoms with Crippen molar-refractivity contribution in [1.82, 2.24) is 9.80 Å². The van der Waals surface area contributed by atoms with E-state index >= 15 is 0 Å². The predicted molar refractivity (Wildman–Crippen MR) is 70.1 cm³/mol. The maximum absolute atomic E-state index is 6.16. The van der Waals surface area contributed by atoms with Gasteiger partial charge < -0.3 is 15.4 Å². The molecule has 100 valence electrons. The standard InChI is InChI=1S/C13H27N3O/c1-4-11-7-16(6-5-15(11)3)9-13(2)10-17-8-12(13)14/h11-12H,4-10,14H2,1-3H3. The van der Waals surface area contributed by atoms with E-state index in [1.54, 1.807) is 0 Å². The smallest absolute Gasteiger partial charge is 0.0624 e. The van der Waals surface area contributed by atoms with Gasteiger partial charge in [-0.15, -0.1) is 0 Å². The topological polar surface area (TPSA) is 41.7 Å². The van der Waals surface area contributed by atoms with E-state index in [1.807, 2.05) is 0 Å². The van der Waals surface area contributed by atoms with Crippen LogP contribution in [0, 0.1) is 5.41 Å². The summed E-state index contributed by atoms with van der Waals surface area (Å²) in [7, 11) is 2.23. The van der Waals surface area contributed by atoms with Crippen molar-refractivity contribution in [2.24, 2.45) is 11.1 Å². The number of ether oxygens (including phenoxy) is 1. The molecule has 2 saturated heterocycles. The summed E-state index contributed by atoms with van der Waals surface area (Å²) in [5, 5.41) is 0. The molecule has 0 radical (unpaired) electrons. The number of likely N-dealkylation sites (N-methyl/N-ethyl adjacent to an activating group) is 1. The molecule has 0 saturated carbocycles. The molecule has 0 aromatic rings. The monoisotopic (exact) mass is 241 g/mol. The van der Waals surface area contributed by atoms with Crippen molar-refractivity contribution in [2.75, 3.05) is 46.4 Å². The highest BCUT2D eigenvalue weighted by Gasteiger charge is 2.40. The van der Waals surface area contributed by atoms with Gasteiger partial charge in [0.25, 0.3) is 0 Å². The molecular formula is C13H27N3O. The molecule has 0 spiro atoms. The molecule has 3 unspecified atom stereocenters. The van der Waals surface area contributed by atoms with E-state index in [4.69, 9.17) is 10.5 Å². The van der Waals surface area contributed by atoms with E-state index in [2.05, 4.69) is 30.7 Å². The van der Waals surface area contributed by atoms with Gasteiger partial charge in [-0.05, 0) is 13.5 Å². The van der Waals surface area contributed by atoms with Crippen LogP contribution in [0.15, 0.2) is 0 Å². The van der Waals surface area contributed by atoms with Gasteiger partial charge in [0.1, 0.15) is 0 Å². The first-order valence-electron chi connectivity index (χ1n) is 6.81. The van der Waals surface area contributed by atoms with E-state index in [0.717, 1.165) is 26.3 Å². The second kappa shape index (κ2) is 5.22. The van der Waals surface area contributed by atoms with Crippen molar-refractivity contribution in [1.29, 1.82) is 0 Å². The molecule has 2 aliphatic rings. The zero-order chi connectivity index (χ0) is 12.5. The molecular weight excluding hydrogens is 214 g/mol. The highest BCUT2D eigenvalue weighted by Crippen LogP contribution is 2.29. The fraction of sp³-hybridized carbons (Fsp3) is 1.00. The second-order valence-corrected chi connectivity index (χ2v) is 6.05. The average Bonchev–Trinajstić information content (AvgIpc) is 2.62. The first-order chi connectivity index (χ1) is 8.05. The van der Waals surface area contributed by atoms with Crippen LogP contribution in [0.25, 0.3) is 0 Å². The Morgan fingerprint density at radius 1 is 1.41 bits per heavy atom. The Bertz CT molecular complexity index is 261. The highest BCUT2D eigenvalue weighted by molar-refractivity contribution is 4.94. The number of nitrogens with zero attached hydrogens (tertiary/aromatic N) is 2. The summed E-state index contributed by atoms with van der Waals surface area (Å²) in [6.07, 6.45) is 1.23. The van der Waals surface area contributed by atoms with Crippen LogP contribution in [0.1, 0.15) is 20.3 Å². The molecule has 2 N–H and O–H groups in total. The summed E-state index contributed by atoms with van der Waals surface area (Å²) in [5.74, 6) is 0. The van der Waals surface area contributed by atoms with Crippen LogP contribution in [0.4, 0.5) is 0 Å². The Balaban J connectivity index is 1.91. The Morgan fingerprint density at radius 3 is 2.76 bits per heavy atom. The van der Waals surface area contributed by atoms with E-state index < -0.39 is 0 Å². The maximum Gasteiger partial charge on any atom is 0.0624 e.